The largest absolute Gasteiger partial charge is 0.444 e. The van der Waals surface area contributed by atoms with Crippen molar-refractivity contribution in [1.29, 1.82) is 0 Å². The molecule has 1 N–H and O–H groups in total. The number of rotatable bonds is 4. The summed E-state index contributed by atoms with van der Waals surface area (Å²) < 4.78 is 5.53. The average Bonchev–Trinajstić information content (AvgIpc) is 2.48. The minimum Gasteiger partial charge on any atom is -0.444 e. The zero-order valence-corrected chi connectivity index (χ0v) is 16.3. The minimum absolute atomic E-state index is 0.165. The van der Waals surface area contributed by atoms with Crippen LogP contribution in [0.4, 0.5) is 4.79 Å². The van der Waals surface area contributed by atoms with Crippen LogP contribution in [0.25, 0.3) is 0 Å². The Morgan fingerprint density at radius 1 is 1.12 bits per heavy atom. The van der Waals surface area contributed by atoms with Gasteiger partial charge in [0.05, 0.1) is 0 Å². The number of piperidine rings is 2. The highest BCUT2D eigenvalue weighted by Crippen LogP contribution is 2.22. The molecule has 0 saturated carbocycles. The maximum absolute atomic E-state index is 12.3. The summed E-state index contributed by atoms with van der Waals surface area (Å²) in [7, 11) is 0. The van der Waals surface area contributed by atoms with E-state index in [-0.39, 0.29) is 12.1 Å². The molecule has 2 heterocycles. The van der Waals surface area contributed by atoms with Crippen LogP contribution in [0, 0.1) is 0 Å². The average molecular weight is 340 g/mol. The third-order valence-electron chi connectivity index (χ3n) is 5.10. The third kappa shape index (κ3) is 5.92. The van der Waals surface area contributed by atoms with Gasteiger partial charge in [0.1, 0.15) is 5.60 Å². The van der Waals surface area contributed by atoms with Gasteiger partial charge in [-0.1, -0.05) is 6.92 Å². The summed E-state index contributed by atoms with van der Waals surface area (Å²) in [5, 5.41) is 3.85. The fraction of sp³-hybridized carbons (Fsp3) is 0.947. The van der Waals surface area contributed by atoms with E-state index in [0.717, 1.165) is 19.4 Å². The molecular formula is C19H37N3O2. The first-order chi connectivity index (χ1) is 11.3. The molecule has 2 fully saturated rings. The van der Waals surface area contributed by atoms with Gasteiger partial charge in [-0.3, -0.25) is 0 Å². The van der Waals surface area contributed by atoms with Gasteiger partial charge < -0.3 is 19.9 Å². The Morgan fingerprint density at radius 2 is 1.75 bits per heavy atom. The zero-order chi connectivity index (χ0) is 17.7. The molecule has 2 aliphatic rings. The van der Waals surface area contributed by atoms with Crippen molar-refractivity contribution in [2.75, 3.05) is 26.2 Å². The lowest BCUT2D eigenvalue weighted by atomic mass is 9.95. The first kappa shape index (κ1) is 19.5. The van der Waals surface area contributed by atoms with Crippen molar-refractivity contribution in [1.82, 2.24) is 15.1 Å². The molecule has 0 aromatic rings. The van der Waals surface area contributed by atoms with Crippen molar-refractivity contribution < 1.29 is 9.53 Å². The number of carbonyl (C=O) groups excluding carboxylic acids is 1. The summed E-state index contributed by atoms with van der Waals surface area (Å²) in [4.78, 5) is 16.8. The highest BCUT2D eigenvalue weighted by atomic mass is 16.6. The van der Waals surface area contributed by atoms with E-state index in [9.17, 15) is 4.79 Å². The molecule has 24 heavy (non-hydrogen) atoms. The highest BCUT2D eigenvalue weighted by molar-refractivity contribution is 5.68. The predicted octanol–water partition coefficient (Wildman–Crippen LogP) is 3.24. The highest BCUT2D eigenvalue weighted by Gasteiger charge is 2.32. The Morgan fingerprint density at radius 3 is 2.29 bits per heavy atom. The molecule has 2 saturated heterocycles. The van der Waals surface area contributed by atoms with Gasteiger partial charge in [0.15, 0.2) is 0 Å². The van der Waals surface area contributed by atoms with Crippen LogP contribution in [0.15, 0.2) is 0 Å². The molecule has 0 bridgehead atoms. The lowest BCUT2D eigenvalue weighted by Crippen LogP contribution is -2.54. The maximum Gasteiger partial charge on any atom is 0.410 e. The maximum atomic E-state index is 12.3. The minimum atomic E-state index is -0.418. The third-order valence-corrected chi connectivity index (χ3v) is 5.10. The van der Waals surface area contributed by atoms with Gasteiger partial charge in [0.2, 0.25) is 0 Å². The number of nitrogens with one attached hydrogen (secondary N) is 1. The molecule has 2 rings (SSSR count). The van der Waals surface area contributed by atoms with Gasteiger partial charge in [-0.25, -0.2) is 4.79 Å². The number of hydrogen-bond acceptors (Lipinski definition) is 4. The number of likely N-dealkylation sites (tertiary alicyclic amines) is 2. The first-order valence-electron chi connectivity index (χ1n) is 9.76. The van der Waals surface area contributed by atoms with Crippen LogP contribution in [-0.2, 0) is 4.74 Å². The second-order valence-electron chi connectivity index (χ2n) is 8.53. The topological polar surface area (TPSA) is 44.8 Å². The molecule has 5 nitrogen and oxygen atoms in total. The number of nitrogens with zero attached hydrogens (tertiary/aromatic N) is 2. The molecule has 0 aromatic carbocycles. The normalized spacial score (nSPS) is 27.3. The Kier molecular flexibility index (Phi) is 6.93. The molecule has 5 heteroatoms. The number of carbonyl (C=O) groups is 1. The molecule has 140 valence electrons. The second-order valence-corrected chi connectivity index (χ2v) is 8.53. The van der Waals surface area contributed by atoms with Crippen LogP contribution in [-0.4, -0.2) is 65.8 Å². The Balaban J connectivity index is 1.74. The molecule has 0 aromatic heterocycles. The first-order valence-corrected chi connectivity index (χ1v) is 9.76. The smallest absolute Gasteiger partial charge is 0.410 e. The van der Waals surface area contributed by atoms with E-state index in [2.05, 4.69) is 24.1 Å². The van der Waals surface area contributed by atoms with E-state index < -0.39 is 5.60 Å². The van der Waals surface area contributed by atoms with Crippen LogP contribution < -0.4 is 5.32 Å². The molecule has 2 aliphatic heterocycles. The van der Waals surface area contributed by atoms with Gasteiger partial charge in [0.25, 0.3) is 0 Å². The van der Waals surface area contributed by atoms with Gasteiger partial charge in [-0.2, -0.15) is 0 Å². The molecule has 0 aliphatic carbocycles. The quantitative estimate of drug-likeness (QED) is 0.854. The number of ether oxygens (including phenoxy) is 1. The molecule has 0 spiro atoms. The summed E-state index contributed by atoms with van der Waals surface area (Å²) in [6.07, 6.45) is 5.63. The Hall–Kier alpha value is -0.810. The summed E-state index contributed by atoms with van der Waals surface area (Å²) in [6.45, 7) is 14.6. The van der Waals surface area contributed by atoms with Gasteiger partial charge >= 0.3 is 6.09 Å². The standard InChI is InChI=1S/C19H37N3O2/c1-6-10-21-11-7-16(8-12-21)20-17-9-13-22(15(2)14-17)18(23)24-19(3,4)5/h15-17,20H,6-14H2,1-5H3. The summed E-state index contributed by atoms with van der Waals surface area (Å²) in [5.74, 6) is 0. The van der Waals surface area contributed by atoms with Crippen molar-refractivity contribution in [3.05, 3.63) is 0 Å². The van der Waals surface area contributed by atoms with E-state index in [1.165, 1.54) is 38.9 Å². The summed E-state index contributed by atoms with van der Waals surface area (Å²) in [6, 6.07) is 1.41. The SMILES string of the molecule is CCCN1CCC(NC2CCN(C(=O)OC(C)(C)C)C(C)C2)CC1. The molecular weight excluding hydrogens is 302 g/mol. The summed E-state index contributed by atoms with van der Waals surface area (Å²) in [5.41, 5.74) is -0.418. The van der Waals surface area contributed by atoms with E-state index in [4.69, 9.17) is 4.74 Å². The van der Waals surface area contributed by atoms with Crippen molar-refractivity contribution in [3.8, 4) is 0 Å². The second kappa shape index (κ2) is 8.52. The van der Waals surface area contributed by atoms with E-state index in [1.54, 1.807) is 0 Å². The molecule has 2 atom stereocenters. The Bertz CT molecular complexity index is 400. The van der Waals surface area contributed by atoms with E-state index in [0.29, 0.717) is 12.1 Å². The van der Waals surface area contributed by atoms with Gasteiger partial charge in [-0.15, -0.1) is 0 Å². The lowest BCUT2D eigenvalue weighted by molar-refractivity contribution is 0.00863. The fourth-order valence-corrected chi connectivity index (χ4v) is 3.89. The van der Waals surface area contributed by atoms with E-state index in [1.807, 2.05) is 25.7 Å². The zero-order valence-electron chi connectivity index (χ0n) is 16.3. The van der Waals surface area contributed by atoms with Gasteiger partial charge in [-0.05, 0) is 79.4 Å². The van der Waals surface area contributed by atoms with Crippen molar-refractivity contribution in [2.24, 2.45) is 0 Å². The van der Waals surface area contributed by atoms with Crippen LogP contribution in [0.1, 0.15) is 66.7 Å². The predicted molar refractivity (Wildman–Crippen MR) is 98.3 cm³/mol. The van der Waals surface area contributed by atoms with Crippen LogP contribution in [0.5, 0.6) is 0 Å². The van der Waals surface area contributed by atoms with Crippen LogP contribution in [0.3, 0.4) is 0 Å². The monoisotopic (exact) mass is 339 g/mol. The molecule has 1 amide bonds. The Labute approximate surface area is 148 Å². The lowest BCUT2D eigenvalue weighted by Gasteiger charge is -2.41. The van der Waals surface area contributed by atoms with Crippen molar-refractivity contribution in [2.45, 2.75) is 90.4 Å². The fourth-order valence-electron chi connectivity index (χ4n) is 3.89. The van der Waals surface area contributed by atoms with E-state index >= 15 is 0 Å². The molecule has 0 radical (unpaired) electrons. The van der Waals surface area contributed by atoms with Crippen molar-refractivity contribution >= 4 is 6.09 Å². The van der Waals surface area contributed by atoms with Crippen molar-refractivity contribution in [3.63, 3.8) is 0 Å². The number of amides is 1. The summed E-state index contributed by atoms with van der Waals surface area (Å²) >= 11 is 0. The number of hydrogen-bond donors (Lipinski definition) is 1. The molecule has 2 unspecified atom stereocenters. The van der Waals surface area contributed by atoms with Crippen LogP contribution >= 0.6 is 0 Å². The van der Waals surface area contributed by atoms with Crippen LogP contribution in [0.2, 0.25) is 0 Å². The van der Waals surface area contributed by atoms with Gasteiger partial charge in [0, 0.05) is 24.7 Å².